The van der Waals surface area contributed by atoms with Gasteiger partial charge in [-0.3, -0.25) is 4.57 Å². The number of ether oxygens (including phenoxy) is 1. The summed E-state index contributed by atoms with van der Waals surface area (Å²) in [4.78, 5) is 27.1. The SMILES string of the molecule is CC(C)[C@H](CCN(C)C[C@H]1O[C@@H](n2cnc3c(N)ncnc32)[C@H](O)[C@H]1O)NC(=O)Nc1ccc(C(C)(C)C)cc1. The number of aromatic nitrogens is 4. The van der Waals surface area contributed by atoms with Crippen LogP contribution in [0, 0.1) is 5.92 Å². The van der Waals surface area contributed by atoms with Crippen molar-refractivity contribution >= 4 is 28.7 Å². The molecule has 1 aliphatic rings. The summed E-state index contributed by atoms with van der Waals surface area (Å²) in [5.41, 5.74) is 8.70. The molecule has 6 N–H and O–H groups in total. The topological polar surface area (TPSA) is 164 Å². The van der Waals surface area contributed by atoms with Gasteiger partial charge in [-0.25, -0.2) is 19.7 Å². The van der Waals surface area contributed by atoms with Crippen LogP contribution in [0.5, 0.6) is 0 Å². The minimum atomic E-state index is -1.17. The van der Waals surface area contributed by atoms with Crippen LogP contribution in [0.2, 0.25) is 0 Å². The van der Waals surface area contributed by atoms with Gasteiger partial charge in [0.15, 0.2) is 17.7 Å². The number of imidazole rings is 1. The van der Waals surface area contributed by atoms with Crippen LogP contribution in [-0.4, -0.2) is 85.2 Å². The van der Waals surface area contributed by atoms with E-state index in [-0.39, 0.29) is 29.2 Å². The number of nitrogen functional groups attached to an aromatic ring is 1. The number of hydrogen-bond acceptors (Lipinski definition) is 9. The minimum absolute atomic E-state index is 0.0471. The number of urea groups is 1. The average molecular weight is 555 g/mol. The van der Waals surface area contributed by atoms with Crippen LogP contribution in [0.3, 0.4) is 0 Å². The van der Waals surface area contributed by atoms with Crippen molar-refractivity contribution in [1.29, 1.82) is 0 Å². The van der Waals surface area contributed by atoms with E-state index < -0.39 is 24.5 Å². The zero-order chi connectivity index (χ0) is 29.2. The van der Waals surface area contributed by atoms with Gasteiger partial charge in [0.05, 0.1) is 6.33 Å². The fourth-order valence-corrected chi connectivity index (χ4v) is 4.89. The number of carbonyl (C=O) groups excluding carboxylic acids is 1. The number of aliphatic hydroxyl groups excluding tert-OH is 2. The van der Waals surface area contributed by atoms with Gasteiger partial charge in [-0.15, -0.1) is 0 Å². The summed E-state index contributed by atoms with van der Waals surface area (Å²) in [6.07, 6.45) is -0.268. The van der Waals surface area contributed by atoms with E-state index in [2.05, 4.69) is 60.2 Å². The highest BCUT2D eigenvalue weighted by Crippen LogP contribution is 2.32. The van der Waals surface area contributed by atoms with Crippen LogP contribution in [-0.2, 0) is 10.2 Å². The Morgan fingerprint density at radius 1 is 1.15 bits per heavy atom. The maximum atomic E-state index is 12.7. The lowest BCUT2D eigenvalue weighted by molar-refractivity contribution is -0.0423. The largest absolute Gasteiger partial charge is 0.387 e. The molecule has 1 aliphatic heterocycles. The minimum Gasteiger partial charge on any atom is -0.387 e. The third-order valence-electron chi connectivity index (χ3n) is 7.44. The van der Waals surface area contributed by atoms with Gasteiger partial charge in [0, 0.05) is 18.3 Å². The Kier molecular flexibility index (Phi) is 8.93. The van der Waals surface area contributed by atoms with Crippen molar-refractivity contribution in [3.63, 3.8) is 0 Å². The van der Waals surface area contributed by atoms with E-state index in [1.165, 1.54) is 18.2 Å². The average Bonchev–Trinajstić information content (AvgIpc) is 3.43. The van der Waals surface area contributed by atoms with Gasteiger partial charge in [0.25, 0.3) is 0 Å². The standard InChI is InChI=1S/C28H42N8O4/c1-16(2)19(34-27(39)33-18-9-7-17(8-10-18)28(3,4)5)11-12-35(6)13-20-22(37)23(38)26(40-20)36-15-32-21-24(29)30-14-31-25(21)36/h7-10,14-16,19-20,22-23,26,37-38H,11-13H2,1-6H3,(H2,29,30,31)(H2,33,34,39)/t19-,20+,22-,23+,26+/m0/s1. The van der Waals surface area contributed by atoms with Gasteiger partial charge in [-0.2, -0.15) is 0 Å². The molecule has 40 heavy (non-hydrogen) atoms. The molecule has 1 aromatic carbocycles. The van der Waals surface area contributed by atoms with Crippen LogP contribution in [0.4, 0.5) is 16.3 Å². The summed E-state index contributed by atoms with van der Waals surface area (Å²) in [5, 5.41) is 27.5. The first-order valence-corrected chi connectivity index (χ1v) is 13.7. The molecule has 1 saturated heterocycles. The number of fused-ring (bicyclic) bond motifs is 1. The fraction of sp³-hybridized carbons (Fsp3) is 0.571. The predicted molar refractivity (Wildman–Crippen MR) is 154 cm³/mol. The number of nitrogens with zero attached hydrogens (tertiary/aromatic N) is 5. The molecule has 0 spiro atoms. The molecular formula is C28H42N8O4. The van der Waals surface area contributed by atoms with Crippen LogP contribution >= 0.6 is 0 Å². The highest BCUT2D eigenvalue weighted by molar-refractivity contribution is 5.89. The molecule has 3 heterocycles. The summed E-state index contributed by atoms with van der Waals surface area (Å²) in [6.45, 7) is 11.6. The number of rotatable bonds is 9. The quantitative estimate of drug-likeness (QED) is 0.267. The molecule has 4 rings (SSSR count). The fourth-order valence-electron chi connectivity index (χ4n) is 4.89. The number of carbonyl (C=O) groups is 1. The van der Waals surface area contributed by atoms with Crippen LogP contribution in [0.1, 0.15) is 52.8 Å². The number of hydrogen-bond donors (Lipinski definition) is 5. The Morgan fingerprint density at radius 2 is 1.85 bits per heavy atom. The van der Waals surface area contributed by atoms with E-state index >= 15 is 0 Å². The lowest BCUT2D eigenvalue weighted by Crippen LogP contribution is -2.44. The van der Waals surface area contributed by atoms with Gasteiger partial charge < -0.3 is 36.2 Å². The molecule has 0 aliphatic carbocycles. The molecule has 12 heteroatoms. The van der Waals surface area contributed by atoms with Gasteiger partial charge >= 0.3 is 6.03 Å². The highest BCUT2D eigenvalue weighted by atomic mass is 16.6. The molecule has 0 saturated carbocycles. The number of anilines is 2. The van der Waals surface area contributed by atoms with Gasteiger partial charge in [0.1, 0.15) is 30.2 Å². The molecule has 0 bridgehead atoms. The molecule has 3 aromatic rings. The molecule has 1 fully saturated rings. The van der Waals surface area contributed by atoms with E-state index in [9.17, 15) is 15.0 Å². The number of nitrogens with two attached hydrogens (primary N) is 1. The molecule has 0 radical (unpaired) electrons. The first-order valence-electron chi connectivity index (χ1n) is 13.7. The molecule has 5 atom stereocenters. The van der Waals surface area contributed by atoms with Crippen molar-refractivity contribution in [3.8, 4) is 0 Å². The van der Waals surface area contributed by atoms with E-state index in [1.807, 2.05) is 36.2 Å². The van der Waals surface area contributed by atoms with E-state index in [0.717, 1.165) is 5.69 Å². The predicted octanol–water partition coefficient (Wildman–Crippen LogP) is 2.49. The van der Waals surface area contributed by atoms with Crippen LogP contribution < -0.4 is 16.4 Å². The Balaban J connectivity index is 1.30. The Hall–Kier alpha value is -3.32. The van der Waals surface area contributed by atoms with Crippen LogP contribution in [0.15, 0.2) is 36.9 Å². The maximum absolute atomic E-state index is 12.7. The Morgan fingerprint density at radius 3 is 2.50 bits per heavy atom. The van der Waals surface area contributed by atoms with Crippen molar-refractivity contribution in [3.05, 3.63) is 42.5 Å². The van der Waals surface area contributed by atoms with Gasteiger partial charge in [0.2, 0.25) is 0 Å². The lowest BCUT2D eigenvalue weighted by atomic mass is 9.87. The first-order chi connectivity index (χ1) is 18.8. The third kappa shape index (κ3) is 6.69. The molecule has 2 aromatic heterocycles. The smallest absolute Gasteiger partial charge is 0.319 e. The monoisotopic (exact) mass is 554 g/mol. The summed E-state index contributed by atoms with van der Waals surface area (Å²) in [6, 6.07) is 7.59. The van der Waals surface area contributed by atoms with E-state index in [1.54, 1.807) is 4.57 Å². The van der Waals surface area contributed by atoms with Gasteiger partial charge in [-0.1, -0.05) is 46.8 Å². The van der Waals surface area contributed by atoms with Crippen molar-refractivity contribution in [1.82, 2.24) is 29.7 Å². The summed E-state index contributed by atoms with van der Waals surface area (Å²) in [5.74, 6) is 0.444. The van der Waals surface area contributed by atoms with E-state index in [4.69, 9.17) is 10.5 Å². The molecule has 218 valence electrons. The Bertz CT molecular complexity index is 1290. The van der Waals surface area contributed by atoms with Crippen molar-refractivity contribution < 1.29 is 19.7 Å². The van der Waals surface area contributed by atoms with Crippen molar-refractivity contribution in [2.75, 3.05) is 31.2 Å². The normalized spacial score (nSPS) is 22.2. The molecule has 0 unspecified atom stereocenters. The summed E-state index contributed by atoms with van der Waals surface area (Å²) < 4.78 is 7.63. The lowest BCUT2D eigenvalue weighted by Gasteiger charge is -2.27. The van der Waals surface area contributed by atoms with Crippen molar-refractivity contribution in [2.45, 2.75) is 77.0 Å². The summed E-state index contributed by atoms with van der Waals surface area (Å²) in [7, 11) is 1.92. The maximum Gasteiger partial charge on any atom is 0.319 e. The van der Waals surface area contributed by atoms with Gasteiger partial charge in [-0.05, 0) is 49.0 Å². The summed E-state index contributed by atoms with van der Waals surface area (Å²) >= 11 is 0. The molecule has 2 amide bonds. The number of aliphatic hydroxyl groups is 2. The van der Waals surface area contributed by atoms with E-state index in [0.29, 0.717) is 30.7 Å². The zero-order valence-corrected chi connectivity index (χ0v) is 24.1. The number of amides is 2. The number of benzene rings is 1. The second-order valence-corrected chi connectivity index (χ2v) is 12.0. The molecule has 12 nitrogen and oxygen atoms in total. The third-order valence-corrected chi connectivity index (χ3v) is 7.44. The highest BCUT2D eigenvalue weighted by Gasteiger charge is 2.44. The Labute approximate surface area is 235 Å². The second kappa shape index (κ2) is 12.0. The first kappa shape index (κ1) is 29.7. The number of nitrogens with one attached hydrogen (secondary N) is 2. The number of likely N-dealkylation sites (N-methyl/N-ethyl adjacent to an activating group) is 1. The zero-order valence-electron chi connectivity index (χ0n) is 24.1. The van der Waals surface area contributed by atoms with Crippen LogP contribution in [0.25, 0.3) is 11.2 Å². The van der Waals surface area contributed by atoms with Crippen molar-refractivity contribution in [2.24, 2.45) is 5.92 Å². The molecular weight excluding hydrogens is 512 g/mol. The second-order valence-electron chi connectivity index (χ2n) is 12.0.